The van der Waals surface area contributed by atoms with E-state index in [-0.39, 0.29) is 18.1 Å². The first-order valence-corrected chi connectivity index (χ1v) is 9.89. The van der Waals surface area contributed by atoms with E-state index < -0.39 is 12.0 Å². The monoisotopic (exact) mass is 367 g/mol. The van der Waals surface area contributed by atoms with Crippen molar-refractivity contribution >= 4 is 17.3 Å². The first-order chi connectivity index (χ1) is 12.0. The van der Waals surface area contributed by atoms with E-state index in [1.807, 2.05) is 0 Å². The molecule has 1 aromatic heterocycles. The molecule has 3 rings (SSSR count). The number of carbonyl (C=O) groups is 1. The van der Waals surface area contributed by atoms with E-state index in [2.05, 4.69) is 40.5 Å². The topological polar surface area (TPSA) is 65.0 Å². The van der Waals surface area contributed by atoms with Gasteiger partial charge in [0.05, 0.1) is 12.2 Å². The van der Waals surface area contributed by atoms with Crippen LogP contribution in [0.3, 0.4) is 0 Å². The number of nitrogens with one attached hydrogen (secondary N) is 1. The number of hydrogen-bond acceptors (Lipinski definition) is 6. The Labute approximate surface area is 153 Å². The number of likely N-dealkylation sites (N-methyl/N-ethyl adjacent to an activating group) is 2. The van der Waals surface area contributed by atoms with Crippen molar-refractivity contribution in [2.45, 2.75) is 38.1 Å². The molecule has 0 saturated carbocycles. The number of carboxylic acid groups (broad SMARTS) is 1. The van der Waals surface area contributed by atoms with Crippen molar-refractivity contribution < 1.29 is 14.6 Å². The summed E-state index contributed by atoms with van der Waals surface area (Å²) in [5, 5.41) is 14.5. The van der Waals surface area contributed by atoms with Gasteiger partial charge in [0.15, 0.2) is 0 Å². The largest absolute Gasteiger partial charge is 0.480 e. The number of thiophene rings is 1. The van der Waals surface area contributed by atoms with Crippen molar-refractivity contribution in [3.8, 4) is 0 Å². The third-order valence-corrected chi connectivity index (χ3v) is 6.44. The molecule has 4 atom stereocenters. The van der Waals surface area contributed by atoms with Gasteiger partial charge in [0.25, 0.3) is 0 Å². The lowest BCUT2D eigenvalue weighted by atomic mass is 9.96. The number of hydrogen-bond donors (Lipinski definition) is 2. The average Bonchev–Trinajstić information content (AvgIpc) is 3.17. The van der Waals surface area contributed by atoms with Crippen LogP contribution in [0.15, 0.2) is 11.4 Å². The van der Waals surface area contributed by atoms with Gasteiger partial charge in [-0.1, -0.05) is 6.92 Å². The lowest BCUT2D eigenvalue weighted by Gasteiger charge is -2.32. The molecule has 2 N–H and O–H groups in total. The van der Waals surface area contributed by atoms with Crippen LogP contribution in [0.25, 0.3) is 0 Å². The third kappa shape index (κ3) is 4.41. The van der Waals surface area contributed by atoms with Crippen molar-refractivity contribution in [2.75, 3.05) is 40.3 Å². The molecule has 0 amide bonds. The summed E-state index contributed by atoms with van der Waals surface area (Å²) in [6, 6.07) is 1.60. The fourth-order valence-corrected chi connectivity index (χ4v) is 4.73. The lowest BCUT2D eigenvalue weighted by molar-refractivity contribution is -0.144. The Morgan fingerprint density at radius 2 is 2.16 bits per heavy atom. The SMILES string of the molecule is CNC(C(=O)O)[C@@H]1OC(c2cc(CN3CCN(C)CC3)cs2)C[C@H]1C. The molecule has 140 valence electrons. The molecule has 0 radical (unpaired) electrons. The summed E-state index contributed by atoms with van der Waals surface area (Å²) in [7, 11) is 3.85. The normalized spacial score (nSPS) is 29.8. The fraction of sp³-hybridized carbons (Fsp3) is 0.722. The van der Waals surface area contributed by atoms with Crippen molar-refractivity contribution in [3.63, 3.8) is 0 Å². The van der Waals surface area contributed by atoms with Gasteiger partial charge in [0, 0.05) is 37.6 Å². The molecule has 2 aliphatic heterocycles. The zero-order chi connectivity index (χ0) is 18.0. The van der Waals surface area contributed by atoms with E-state index in [1.165, 1.54) is 10.4 Å². The highest BCUT2D eigenvalue weighted by molar-refractivity contribution is 7.10. The van der Waals surface area contributed by atoms with Crippen LogP contribution in [-0.2, 0) is 16.1 Å². The van der Waals surface area contributed by atoms with E-state index in [0.717, 1.165) is 39.1 Å². The van der Waals surface area contributed by atoms with Gasteiger partial charge in [0.2, 0.25) is 0 Å². The summed E-state index contributed by atoms with van der Waals surface area (Å²) >= 11 is 1.74. The van der Waals surface area contributed by atoms with Crippen LogP contribution in [0.2, 0.25) is 0 Å². The number of nitrogens with zero attached hydrogens (tertiary/aromatic N) is 2. The van der Waals surface area contributed by atoms with E-state index in [0.29, 0.717) is 0 Å². The Kier molecular flexibility index (Phi) is 6.12. The maximum absolute atomic E-state index is 11.4. The molecule has 0 spiro atoms. The second-order valence-electron chi connectivity index (χ2n) is 7.34. The molecular formula is C18H29N3O3S. The van der Waals surface area contributed by atoms with Crippen LogP contribution < -0.4 is 5.32 Å². The summed E-state index contributed by atoms with van der Waals surface area (Å²) in [6.45, 7) is 7.55. The first kappa shape index (κ1) is 18.8. The van der Waals surface area contributed by atoms with Crippen LogP contribution in [-0.4, -0.2) is 73.3 Å². The smallest absolute Gasteiger partial charge is 0.323 e. The number of piperazine rings is 1. The molecule has 25 heavy (non-hydrogen) atoms. The molecule has 7 heteroatoms. The molecule has 0 bridgehead atoms. The number of aliphatic carboxylic acids is 1. The maximum Gasteiger partial charge on any atom is 0.323 e. The molecule has 2 aliphatic rings. The van der Waals surface area contributed by atoms with Gasteiger partial charge in [0.1, 0.15) is 6.04 Å². The van der Waals surface area contributed by atoms with Gasteiger partial charge >= 0.3 is 5.97 Å². The molecule has 0 aliphatic carbocycles. The maximum atomic E-state index is 11.4. The molecule has 6 nitrogen and oxygen atoms in total. The van der Waals surface area contributed by atoms with Crippen molar-refractivity contribution in [1.82, 2.24) is 15.1 Å². The lowest BCUT2D eigenvalue weighted by Crippen LogP contribution is -2.46. The summed E-state index contributed by atoms with van der Waals surface area (Å²) < 4.78 is 6.14. The Bertz CT molecular complexity index is 586. The van der Waals surface area contributed by atoms with Crippen molar-refractivity contribution in [1.29, 1.82) is 0 Å². The van der Waals surface area contributed by atoms with Gasteiger partial charge in [-0.3, -0.25) is 9.69 Å². The third-order valence-electron chi connectivity index (χ3n) is 5.37. The van der Waals surface area contributed by atoms with Crippen molar-refractivity contribution in [2.24, 2.45) is 5.92 Å². The van der Waals surface area contributed by atoms with Gasteiger partial charge in [-0.2, -0.15) is 0 Å². The first-order valence-electron chi connectivity index (χ1n) is 9.01. The van der Waals surface area contributed by atoms with Crippen LogP contribution in [0, 0.1) is 5.92 Å². The number of carboxylic acids is 1. The fourth-order valence-electron chi connectivity index (χ4n) is 3.78. The van der Waals surface area contributed by atoms with E-state index in [9.17, 15) is 9.90 Å². The Balaban J connectivity index is 1.60. The van der Waals surface area contributed by atoms with Crippen LogP contribution in [0.5, 0.6) is 0 Å². The summed E-state index contributed by atoms with van der Waals surface area (Å²) in [5.41, 5.74) is 1.34. The van der Waals surface area contributed by atoms with Gasteiger partial charge in [-0.15, -0.1) is 11.3 Å². The van der Waals surface area contributed by atoms with Crippen LogP contribution >= 0.6 is 11.3 Å². The summed E-state index contributed by atoms with van der Waals surface area (Å²) in [5.74, 6) is -0.622. The highest BCUT2D eigenvalue weighted by atomic mass is 32.1. The molecule has 3 heterocycles. The predicted molar refractivity (Wildman–Crippen MR) is 99.0 cm³/mol. The summed E-state index contributed by atoms with van der Waals surface area (Å²) in [6.07, 6.45) is 0.613. The van der Waals surface area contributed by atoms with Crippen LogP contribution in [0.4, 0.5) is 0 Å². The second kappa shape index (κ2) is 8.14. The average molecular weight is 368 g/mol. The molecular weight excluding hydrogens is 338 g/mol. The van der Waals surface area contributed by atoms with E-state index in [4.69, 9.17) is 4.74 Å². The molecule has 2 saturated heterocycles. The van der Waals surface area contributed by atoms with Gasteiger partial charge in [-0.25, -0.2) is 0 Å². The minimum absolute atomic E-state index is 0.0152. The zero-order valence-corrected chi connectivity index (χ0v) is 16.1. The minimum atomic E-state index is -0.845. The molecule has 0 aromatic carbocycles. The molecule has 2 fully saturated rings. The summed E-state index contributed by atoms with van der Waals surface area (Å²) in [4.78, 5) is 17.5. The van der Waals surface area contributed by atoms with Gasteiger partial charge < -0.3 is 20.1 Å². The van der Waals surface area contributed by atoms with E-state index in [1.54, 1.807) is 18.4 Å². The Morgan fingerprint density at radius 1 is 1.44 bits per heavy atom. The predicted octanol–water partition coefficient (Wildman–Crippen LogP) is 1.63. The minimum Gasteiger partial charge on any atom is -0.480 e. The number of ether oxygens (including phenoxy) is 1. The highest BCUT2D eigenvalue weighted by Crippen LogP contribution is 2.40. The number of rotatable bonds is 6. The zero-order valence-electron chi connectivity index (χ0n) is 15.3. The van der Waals surface area contributed by atoms with Crippen molar-refractivity contribution in [3.05, 3.63) is 21.9 Å². The van der Waals surface area contributed by atoms with E-state index >= 15 is 0 Å². The Morgan fingerprint density at radius 3 is 2.80 bits per heavy atom. The van der Waals surface area contributed by atoms with Crippen LogP contribution in [0.1, 0.15) is 29.9 Å². The highest BCUT2D eigenvalue weighted by Gasteiger charge is 2.41. The van der Waals surface area contributed by atoms with Gasteiger partial charge in [-0.05, 0) is 43.4 Å². The Hall–Kier alpha value is -0.990. The standard InChI is InChI=1S/C18H29N3O3S/c1-12-8-14(24-17(12)16(19-2)18(22)23)15-9-13(11-25-15)10-21-6-4-20(3)5-7-21/h9,11-12,14,16-17,19H,4-8,10H2,1-3H3,(H,22,23)/t12-,14?,16?,17-/m1/s1. The second-order valence-corrected chi connectivity index (χ2v) is 8.29. The molecule has 2 unspecified atom stereocenters. The molecule has 1 aromatic rings. The quantitative estimate of drug-likeness (QED) is 0.797.